The summed E-state index contributed by atoms with van der Waals surface area (Å²) in [5.74, 6) is 0.937. The predicted molar refractivity (Wildman–Crippen MR) is 90.0 cm³/mol. The number of hydrogen-bond acceptors (Lipinski definition) is 2. The maximum Gasteiger partial charge on any atom is 0.126 e. The minimum Gasteiger partial charge on any atom is -0.485 e. The van der Waals surface area contributed by atoms with Gasteiger partial charge in [0.2, 0.25) is 0 Å². The fraction of sp³-hybridized carbons (Fsp3) is 0.294. The van der Waals surface area contributed by atoms with Gasteiger partial charge in [0.25, 0.3) is 0 Å². The smallest absolute Gasteiger partial charge is 0.126 e. The topological polar surface area (TPSA) is 21.3 Å². The second-order valence-electron chi connectivity index (χ2n) is 5.19. The lowest BCUT2D eigenvalue weighted by atomic mass is 9.93. The third-order valence-corrected chi connectivity index (χ3v) is 4.47. The Morgan fingerprint density at radius 1 is 1.29 bits per heavy atom. The van der Waals surface area contributed by atoms with Crippen LogP contribution in [0.1, 0.15) is 36.6 Å². The van der Waals surface area contributed by atoms with Gasteiger partial charge in [-0.25, -0.2) is 0 Å². The maximum absolute atomic E-state index is 6.20. The molecule has 110 valence electrons. The SMILES string of the molecule is CCNC1CC(c2cccc(Cl)c2)Oc2cc(Br)ccc21. The van der Waals surface area contributed by atoms with Gasteiger partial charge < -0.3 is 10.1 Å². The summed E-state index contributed by atoms with van der Waals surface area (Å²) < 4.78 is 7.23. The van der Waals surface area contributed by atoms with Crippen LogP contribution in [0, 0.1) is 0 Å². The first kappa shape index (κ1) is 14.9. The Bertz CT molecular complexity index is 646. The molecule has 2 aromatic rings. The Labute approximate surface area is 138 Å². The third kappa shape index (κ3) is 3.25. The highest BCUT2D eigenvalue weighted by Crippen LogP contribution is 2.42. The molecule has 2 unspecified atom stereocenters. The van der Waals surface area contributed by atoms with Crippen molar-refractivity contribution in [3.63, 3.8) is 0 Å². The Balaban J connectivity index is 1.96. The molecule has 0 fully saturated rings. The van der Waals surface area contributed by atoms with E-state index in [1.165, 1.54) is 5.56 Å². The number of ether oxygens (including phenoxy) is 1. The highest BCUT2D eigenvalue weighted by molar-refractivity contribution is 9.10. The van der Waals surface area contributed by atoms with E-state index >= 15 is 0 Å². The molecular weight excluding hydrogens is 350 g/mol. The van der Waals surface area contributed by atoms with E-state index in [1.807, 2.05) is 24.3 Å². The van der Waals surface area contributed by atoms with Crippen LogP contribution in [0.2, 0.25) is 5.02 Å². The van der Waals surface area contributed by atoms with Crippen LogP contribution in [0.3, 0.4) is 0 Å². The molecule has 0 saturated carbocycles. The second-order valence-corrected chi connectivity index (χ2v) is 6.54. The number of rotatable bonds is 3. The lowest BCUT2D eigenvalue weighted by molar-refractivity contribution is 0.152. The Morgan fingerprint density at radius 3 is 2.90 bits per heavy atom. The van der Waals surface area contributed by atoms with Crippen LogP contribution in [-0.2, 0) is 0 Å². The lowest BCUT2D eigenvalue weighted by Crippen LogP contribution is -2.29. The molecule has 0 radical (unpaired) electrons. The largest absolute Gasteiger partial charge is 0.485 e. The Hall–Kier alpha value is -1.03. The predicted octanol–water partition coefficient (Wildman–Crippen LogP) is 5.28. The van der Waals surface area contributed by atoms with Gasteiger partial charge in [0.05, 0.1) is 0 Å². The average molecular weight is 367 g/mol. The van der Waals surface area contributed by atoms with E-state index in [9.17, 15) is 0 Å². The van der Waals surface area contributed by atoms with Gasteiger partial charge in [0.1, 0.15) is 11.9 Å². The van der Waals surface area contributed by atoms with Crippen molar-refractivity contribution in [2.24, 2.45) is 0 Å². The third-order valence-electron chi connectivity index (χ3n) is 3.74. The summed E-state index contributed by atoms with van der Waals surface area (Å²) in [5, 5.41) is 4.29. The van der Waals surface area contributed by atoms with Crippen LogP contribution >= 0.6 is 27.5 Å². The number of hydrogen-bond donors (Lipinski definition) is 1. The molecule has 0 aromatic heterocycles. The molecule has 1 aliphatic rings. The van der Waals surface area contributed by atoms with Gasteiger partial charge in [-0.1, -0.05) is 52.7 Å². The molecule has 3 rings (SSSR count). The van der Waals surface area contributed by atoms with Gasteiger partial charge in [0, 0.05) is 27.5 Å². The van der Waals surface area contributed by atoms with Crippen molar-refractivity contribution in [3.05, 3.63) is 63.1 Å². The van der Waals surface area contributed by atoms with Gasteiger partial charge in [-0.3, -0.25) is 0 Å². The summed E-state index contributed by atoms with van der Waals surface area (Å²) in [5.41, 5.74) is 2.34. The minimum atomic E-state index is 0.0227. The molecule has 0 spiro atoms. The standard InChI is InChI=1S/C17H17BrClNO/c1-2-20-15-10-16(11-4-3-5-13(19)8-11)21-17-9-12(18)6-7-14(15)17/h3-9,15-16,20H,2,10H2,1H3. The molecular formula is C17H17BrClNO. The zero-order valence-corrected chi connectivity index (χ0v) is 14.1. The quantitative estimate of drug-likeness (QED) is 0.798. The number of benzene rings is 2. The summed E-state index contributed by atoms with van der Waals surface area (Å²) >= 11 is 9.62. The van der Waals surface area contributed by atoms with Crippen molar-refractivity contribution in [2.75, 3.05) is 6.54 Å². The molecule has 0 bridgehead atoms. The zero-order valence-electron chi connectivity index (χ0n) is 11.8. The zero-order chi connectivity index (χ0) is 14.8. The van der Waals surface area contributed by atoms with Crippen LogP contribution in [0.5, 0.6) is 5.75 Å². The van der Waals surface area contributed by atoms with E-state index in [1.54, 1.807) is 0 Å². The van der Waals surface area contributed by atoms with E-state index in [4.69, 9.17) is 16.3 Å². The molecule has 0 amide bonds. The normalized spacial score (nSPS) is 20.7. The molecule has 4 heteroatoms. The van der Waals surface area contributed by atoms with Crippen molar-refractivity contribution in [2.45, 2.75) is 25.5 Å². The number of halogens is 2. The highest BCUT2D eigenvalue weighted by Gasteiger charge is 2.29. The summed E-state index contributed by atoms with van der Waals surface area (Å²) in [7, 11) is 0. The summed E-state index contributed by atoms with van der Waals surface area (Å²) in [6.45, 7) is 3.06. The van der Waals surface area contributed by atoms with Crippen LogP contribution in [-0.4, -0.2) is 6.54 Å². The van der Waals surface area contributed by atoms with Crippen LogP contribution < -0.4 is 10.1 Å². The van der Waals surface area contributed by atoms with E-state index in [2.05, 4.69) is 46.4 Å². The van der Waals surface area contributed by atoms with Gasteiger partial charge in [-0.2, -0.15) is 0 Å². The second kappa shape index (κ2) is 6.39. The monoisotopic (exact) mass is 365 g/mol. The summed E-state index contributed by atoms with van der Waals surface area (Å²) in [6.07, 6.45) is 0.928. The van der Waals surface area contributed by atoms with Crippen molar-refractivity contribution >= 4 is 27.5 Å². The fourth-order valence-corrected chi connectivity index (χ4v) is 3.33. The molecule has 2 aromatic carbocycles. The van der Waals surface area contributed by atoms with E-state index in [0.29, 0.717) is 6.04 Å². The van der Waals surface area contributed by atoms with Gasteiger partial charge in [-0.05, 0) is 36.4 Å². The van der Waals surface area contributed by atoms with E-state index in [0.717, 1.165) is 33.8 Å². The van der Waals surface area contributed by atoms with Crippen molar-refractivity contribution < 1.29 is 4.74 Å². The average Bonchev–Trinajstić information content (AvgIpc) is 2.47. The number of nitrogens with one attached hydrogen (secondary N) is 1. The van der Waals surface area contributed by atoms with Crippen molar-refractivity contribution in [3.8, 4) is 5.75 Å². The molecule has 1 aliphatic heterocycles. The van der Waals surface area contributed by atoms with E-state index < -0.39 is 0 Å². The first-order valence-electron chi connectivity index (χ1n) is 7.12. The van der Waals surface area contributed by atoms with Crippen molar-refractivity contribution in [1.29, 1.82) is 0 Å². The molecule has 21 heavy (non-hydrogen) atoms. The lowest BCUT2D eigenvalue weighted by Gasteiger charge is -2.33. The first-order chi connectivity index (χ1) is 10.2. The molecule has 1 N–H and O–H groups in total. The van der Waals surface area contributed by atoms with Crippen LogP contribution in [0.4, 0.5) is 0 Å². The minimum absolute atomic E-state index is 0.0227. The van der Waals surface area contributed by atoms with Crippen molar-refractivity contribution in [1.82, 2.24) is 5.32 Å². The molecule has 0 saturated heterocycles. The Morgan fingerprint density at radius 2 is 2.14 bits per heavy atom. The molecule has 2 nitrogen and oxygen atoms in total. The molecule has 0 aliphatic carbocycles. The van der Waals surface area contributed by atoms with E-state index in [-0.39, 0.29) is 6.10 Å². The van der Waals surface area contributed by atoms with Crippen LogP contribution in [0.15, 0.2) is 46.9 Å². The maximum atomic E-state index is 6.20. The number of fused-ring (bicyclic) bond motifs is 1. The molecule has 1 heterocycles. The summed E-state index contributed by atoms with van der Waals surface area (Å²) in [6, 6.07) is 14.4. The Kier molecular flexibility index (Phi) is 4.53. The first-order valence-corrected chi connectivity index (χ1v) is 8.29. The molecule has 2 atom stereocenters. The van der Waals surface area contributed by atoms with Gasteiger partial charge in [-0.15, -0.1) is 0 Å². The fourth-order valence-electron chi connectivity index (χ4n) is 2.79. The summed E-state index contributed by atoms with van der Waals surface area (Å²) in [4.78, 5) is 0. The van der Waals surface area contributed by atoms with Gasteiger partial charge in [0.15, 0.2) is 0 Å². The van der Waals surface area contributed by atoms with Gasteiger partial charge >= 0.3 is 0 Å². The van der Waals surface area contributed by atoms with Crippen LogP contribution in [0.25, 0.3) is 0 Å². The highest BCUT2D eigenvalue weighted by atomic mass is 79.9.